The number of rotatable bonds is 3. The van der Waals surface area contributed by atoms with E-state index in [0.29, 0.717) is 6.54 Å². The predicted octanol–water partition coefficient (Wildman–Crippen LogP) is 0.414. The van der Waals surface area contributed by atoms with Crippen molar-refractivity contribution >= 4 is 14.4 Å². The molecule has 3 nitrogen and oxygen atoms in total. The van der Waals surface area contributed by atoms with Gasteiger partial charge in [0.2, 0.25) is 5.91 Å². The van der Waals surface area contributed by atoms with Gasteiger partial charge in [0.1, 0.15) is 6.16 Å². The highest BCUT2D eigenvalue weighted by Crippen LogP contribution is 1.87. The minimum Gasteiger partial charge on any atom is -0.356 e. The van der Waals surface area contributed by atoms with Crippen LogP contribution in [0.1, 0.15) is 6.92 Å². The van der Waals surface area contributed by atoms with Gasteiger partial charge in [0.25, 0.3) is 0 Å². The number of carbonyl (C=O) groups excluding carboxylic acids is 1. The van der Waals surface area contributed by atoms with Crippen molar-refractivity contribution in [1.82, 2.24) is 5.32 Å². The quantitative estimate of drug-likeness (QED) is 0.567. The summed E-state index contributed by atoms with van der Waals surface area (Å²) in [5, 5.41) is 2.50. The summed E-state index contributed by atoms with van der Waals surface area (Å²) in [6.45, 7) is 2.42. The van der Waals surface area contributed by atoms with Crippen molar-refractivity contribution in [3.05, 3.63) is 0 Å². The van der Waals surface area contributed by atoms with Gasteiger partial charge < -0.3 is 5.32 Å². The number of carbonyl (C=O) groups is 1. The summed E-state index contributed by atoms with van der Waals surface area (Å²) in [5.41, 5.74) is 0. The molecule has 0 spiro atoms. The Balaban J connectivity index is 3.18. The Labute approximate surface area is 49.7 Å². The highest BCUT2D eigenvalue weighted by molar-refractivity contribution is 7.25. The summed E-state index contributed by atoms with van der Waals surface area (Å²) < 4.78 is 9.73. The largest absolute Gasteiger partial charge is 0.356 e. The third kappa shape index (κ3) is 3.75. The topological polar surface area (TPSA) is 46.2 Å². The van der Waals surface area contributed by atoms with Crippen LogP contribution in [-0.4, -0.2) is 18.6 Å². The average molecular weight is 133 g/mol. The first-order chi connectivity index (χ1) is 3.81. The van der Waals surface area contributed by atoms with E-state index in [1.807, 2.05) is 6.92 Å². The van der Waals surface area contributed by atoms with Crippen LogP contribution >= 0.6 is 8.46 Å². The summed E-state index contributed by atoms with van der Waals surface area (Å²) >= 11 is 0. The Morgan fingerprint density at radius 3 is 2.75 bits per heavy atom. The van der Waals surface area contributed by atoms with Crippen molar-refractivity contribution in [3.8, 4) is 0 Å². The molecule has 1 N–H and O–H groups in total. The van der Waals surface area contributed by atoms with E-state index in [-0.39, 0.29) is 20.5 Å². The summed E-state index contributed by atoms with van der Waals surface area (Å²) in [6.07, 6.45) is 0.0772. The van der Waals surface area contributed by atoms with Gasteiger partial charge in [-0.2, -0.15) is 0 Å². The molecule has 0 unspecified atom stereocenters. The van der Waals surface area contributed by atoms with Crippen molar-refractivity contribution < 1.29 is 9.36 Å². The van der Waals surface area contributed by atoms with Gasteiger partial charge in [-0.25, -0.2) is 0 Å². The highest BCUT2D eigenvalue weighted by atomic mass is 31.1. The molecule has 0 radical (unpaired) electrons. The molecule has 8 heavy (non-hydrogen) atoms. The molecule has 0 saturated heterocycles. The van der Waals surface area contributed by atoms with Crippen LogP contribution in [0.3, 0.4) is 0 Å². The number of hydrogen-bond acceptors (Lipinski definition) is 2. The molecule has 0 aliphatic heterocycles. The molecular weight excluding hydrogens is 125 g/mol. The van der Waals surface area contributed by atoms with E-state index in [1.165, 1.54) is 0 Å². The predicted molar refractivity (Wildman–Crippen MR) is 31.2 cm³/mol. The Morgan fingerprint density at radius 1 is 1.75 bits per heavy atom. The molecular formula is C4H8NO2P. The number of amides is 1. The Hall–Kier alpha value is -0.430. The molecule has 46 valence electrons. The van der Waals surface area contributed by atoms with Gasteiger partial charge in [0.15, 0.2) is 8.46 Å². The monoisotopic (exact) mass is 133 g/mol. The maximum absolute atomic E-state index is 10.3. The zero-order valence-electron chi connectivity index (χ0n) is 4.68. The lowest BCUT2D eigenvalue weighted by molar-refractivity contribution is -0.118. The third-order valence-electron chi connectivity index (χ3n) is 0.582. The molecule has 0 bridgehead atoms. The fraction of sp³-hybridized carbons (Fsp3) is 0.750. The molecule has 0 aliphatic carbocycles. The van der Waals surface area contributed by atoms with Gasteiger partial charge in [-0.3, -0.25) is 9.36 Å². The van der Waals surface area contributed by atoms with Crippen LogP contribution in [0.4, 0.5) is 0 Å². The maximum Gasteiger partial charge on any atom is 0.231 e. The summed E-state index contributed by atoms with van der Waals surface area (Å²) in [4.78, 5) is 10.3. The first-order valence-corrected chi connectivity index (χ1v) is 3.36. The van der Waals surface area contributed by atoms with Gasteiger partial charge >= 0.3 is 0 Å². The van der Waals surface area contributed by atoms with Crippen molar-refractivity contribution in [1.29, 1.82) is 0 Å². The molecule has 0 aromatic rings. The van der Waals surface area contributed by atoms with E-state index in [1.54, 1.807) is 0 Å². The molecule has 0 aromatic carbocycles. The molecule has 0 aliphatic rings. The van der Waals surface area contributed by atoms with Gasteiger partial charge in [-0.05, 0) is 6.92 Å². The fourth-order valence-corrected chi connectivity index (χ4v) is 0.541. The highest BCUT2D eigenvalue weighted by Gasteiger charge is 1.94. The van der Waals surface area contributed by atoms with Crippen LogP contribution < -0.4 is 5.32 Å². The van der Waals surface area contributed by atoms with E-state index < -0.39 is 0 Å². The molecule has 1 amide bonds. The van der Waals surface area contributed by atoms with Crippen LogP contribution in [0.2, 0.25) is 0 Å². The molecule has 4 heteroatoms. The SMILES string of the molecule is CCNC(=O)CP=O. The van der Waals surface area contributed by atoms with Gasteiger partial charge in [0, 0.05) is 6.54 Å². The lowest BCUT2D eigenvalue weighted by Gasteiger charge is -1.92. The van der Waals surface area contributed by atoms with E-state index in [0.717, 1.165) is 0 Å². The molecule has 0 rings (SSSR count). The van der Waals surface area contributed by atoms with E-state index in [9.17, 15) is 9.36 Å². The average Bonchev–Trinajstić information content (AvgIpc) is 1.68. The Bertz CT molecular complexity index is 94.0. The van der Waals surface area contributed by atoms with E-state index in [2.05, 4.69) is 5.32 Å². The van der Waals surface area contributed by atoms with Gasteiger partial charge in [-0.15, -0.1) is 0 Å². The lowest BCUT2D eigenvalue weighted by Crippen LogP contribution is -2.23. The molecule has 0 heterocycles. The molecule has 0 atom stereocenters. The summed E-state index contributed by atoms with van der Waals surface area (Å²) in [7, 11) is -0.113. The second-order valence-electron chi connectivity index (χ2n) is 1.24. The fourth-order valence-electron chi connectivity index (χ4n) is 0.312. The van der Waals surface area contributed by atoms with Crippen LogP contribution in [0.5, 0.6) is 0 Å². The zero-order valence-corrected chi connectivity index (χ0v) is 5.57. The molecule has 0 aromatic heterocycles. The molecule has 0 saturated carbocycles. The van der Waals surface area contributed by atoms with Crippen LogP contribution in [0.15, 0.2) is 0 Å². The molecule has 0 fully saturated rings. The Kier molecular flexibility index (Phi) is 4.47. The maximum atomic E-state index is 10.3. The van der Waals surface area contributed by atoms with Crippen molar-refractivity contribution in [2.45, 2.75) is 6.92 Å². The van der Waals surface area contributed by atoms with Crippen LogP contribution in [0.25, 0.3) is 0 Å². The second-order valence-corrected chi connectivity index (χ2v) is 1.82. The summed E-state index contributed by atoms with van der Waals surface area (Å²) in [6, 6.07) is 0. The van der Waals surface area contributed by atoms with Crippen molar-refractivity contribution in [2.24, 2.45) is 0 Å². The zero-order chi connectivity index (χ0) is 6.41. The normalized spacial score (nSPS) is 9.12. The lowest BCUT2D eigenvalue weighted by atomic mass is 10.6. The minimum absolute atomic E-state index is 0.0772. The van der Waals surface area contributed by atoms with Crippen molar-refractivity contribution in [2.75, 3.05) is 12.7 Å². The van der Waals surface area contributed by atoms with Gasteiger partial charge in [-0.1, -0.05) is 0 Å². The van der Waals surface area contributed by atoms with E-state index in [4.69, 9.17) is 0 Å². The minimum atomic E-state index is -0.163. The number of nitrogens with one attached hydrogen (secondary N) is 1. The first-order valence-electron chi connectivity index (χ1n) is 2.37. The van der Waals surface area contributed by atoms with Crippen LogP contribution in [0, 0.1) is 0 Å². The van der Waals surface area contributed by atoms with Crippen LogP contribution in [-0.2, 0) is 9.36 Å². The van der Waals surface area contributed by atoms with Gasteiger partial charge in [0.05, 0.1) is 0 Å². The second kappa shape index (κ2) is 4.72. The third-order valence-corrected chi connectivity index (χ3v) is 0.998. The number of hydrogen-bond donors (Lipinski definition) is 1. The summed E-state index contributed by atoms with van der Waals surface area (Å²) in [5.74, 6) is -0.163. The standard InChI is InChI=1S/C4H8NO2P/c1-2-5-4(6)3-8-7/h2-3H2,1H3,(H,5,6). The first kappa shape index (κ1) is 7.57. The smallest absolute Gasteiger partial charge is 0.231 e. The van der Waals surface area contributed by atoms with Crippen molar-refractivity contribution in [3.63, 3.8) is 0 Å². The van der Waals surface area contributed by atoms with E-state index >= 15 is 0 Å². The Morgan fingerprint density at radius 2 is 2.38 bits per heavy atom.